The molecule has 2 amide bonds. The van der Waals surface area contributed by atoms with Gasteiger partial charge >= 0.3 is 11.9 Å². The average molecular weight is 862 g/mol. The van der Waals surface area contributed by atoms with Gasteiger partial charge in [-0.3, -0.25) is 24.0 Å². The first-order chi connectivity index (χ1) is 26.9. The standard InChI is InChI=1S/C21H27FN2O4.C11H12N2O2.C10H16BrFO2/c1-21(2,3)28-19(25)7-4-14(11-22)13-27-18-10-15-8-9-24(16-5-6-16)20(26)17(15)12-23-18;14-10-5-7-3-4-13(8-1-2-8)11(15)9(7)6-12-10;1-10(2,3)14-9(13)5-4-8(6-11)7-12/h10-12,16H,4-9,13H2,1-3H3;5-6,8H,1-4H2,(H,12,14);7H,4-6H2,1-3H3/b14-11-;;8-7-. The molecule has 4 aliphatic rings. The van der Waals surface area contributed by atoms with E-state index in [4.69, 9.17) is 14.2 Å². The van der Waals surface area contributed by atoms with Gasteiger partial charge in [0.1, 0.15) is 17.8 Å². The second-order valence-corrected chi connectivity index (χ2v) is 17.1. The maximum Gasteiger partial charge on any atom is 0.306 e. The second-order valence-electron chi connectivity index (χ2n) is 16.5. The van der Waals surface area contributed by atoms with Crippen molar-refractivity contribution in [1.82, 2.24) is 19.8 Å². The first-order valence-electron chi connectivity index (χ1n) is 19.4. The van der Waals surface area contributed by atoms with Crippen molar-refractivity contribution in [3.63, 3.8) is 0 Å². The van der Waals surface area contributed by atoms with Crippen LogP contribution in [-0.2, 0) is 31.9 Å². The summed E-state index contributed by atoms with van der Waals surface area (Å²) in [6.45, 7) is 12.3. The molecule has 2 aromatic rings. The minimum Gasteiger partial charge on any atom is -0.473 e. The van der Waals surface area contributed by atoms with Crippen molar-refractivity contribution >= 4 is 39.7 Å². The molecule has 0 saturated heterocycles. The second kappa shape index (κ2) is 20.3. The van der Waals surface area contributed by atoms with Gasteiger partial charge in [0.15, 0.2) is 0 Å². The molecule has 0 unspecified atom stereocenters. The number of alkyl halides is 1. The molecule has 2 aliphatic heterocycles. The smallest absolute Gasteiger partial charge is 0.306 e. The van der Waals surface area contributed by atoms with Crippen LogP contribution >= 0.6 is 15.9 Å². The van der Waals surface area contributed by atoms with Gasteiger partial charge in [-0.1, -0.05) is 15.9 Å². The fourth-order valence-electron chi connectivity index (χ4n) is 6.12. The van der Waals surface area contributed by atoms with E-state index in [0.29, 0.717) is 71.2 Å². The van der Waals surface area contributed by atoms with E-state index < -0.39 is 11.2 Å². The Hall–Kier alpha value is -4.40. The number of esters is 2. The number of aromatic amines is 1. The van der Waals surface area contributed by atoms with Gasteiger partial charge < -0.3 is 29.0 Å². The number of nitrogens with one attached hydrogen (secondary N) is 1. The molecule has 4 heterocycles. The Balaban J connectivity index is 0.000000209. The molecule has 1 N–H and O–H groups in total. The lowest BCUT2D eigenvalue weighted by Gasteiger charge is -2.28. The summed E-state index contributed by atoms with van der Waals surface area (Å²) in [6.07, 6.45) is 11.0. The minimum atomic E-state index is -0.563. The minimum absolute atomic E-state index is 0.00672. The highest BCUT2D eigenvalue weighted by molar-refractivity contribution is 9.09. The zero-order valence-electron chi connectivity index (χ0n) is 33.8. The Morgan fingerprint density at radius 3 is 1.75 bits per heavy atom. The van der Waals surface area contributed by atoms with Gasteiger partial charge in [0.25, 0.3) is 11.8 Å². The number of fused-ring (bicyclic) bond motifs is 2. The van der Waals surface area contributed by atoms with Crippen LogP contribution in [0, 0.1) is 0 Å². The number of aromatic nitrogens is 2. The van der Waals surface area contributed by atoms with E-state index in [1.54, 1.807) is 60.0 Å². The third-order valence-electron chi connectivity index (χ3n) is 9.20. The third-order valence-corrected chi connectivity index (χ3v) is 9.92. The molecule has 312 valence electrons. The van der Waals surface area contributed by atoms with Gasteiger partial charge in [-0.15, -0.1) is 0 Å². The normalized spacial score (nSPS) is 17.0. The van der Waals surface area contributed by atoms with Crippen LogP contribution in [0.1, 0.15) is 125 Å². The Kier molecular flexibility index (Phi) is 16.2. The average Bonchev–Trinajstić information content (AvgIpc) is 4.07. The molecule has 0 atom stereocenters. The molecule has 6 rings (SSSR count). The number of carbonyl (C=O) groups excluding carboxylic acids is 4. The fourth-order valence-corrected chi connectivity index (χ4v) is 6.53. The van der Waals surface area contributed by atoms with Crippen LogP contribution in [0.3, 0.4) is 0 Å². The lowest BCUT2D eigenvalue weighted by Crippen LogP contribution is -2.39. The van der Waals surface area contributed by atoms with Gasteiger partial charge in [-0.2, -0.15) is 0 Å². The molecule has 0 radical (unpaired) electrons. The third kappa shape index (κ3) is 14.8. The van der Waals surface area contributed by atoms with Crippen LogP contribution in [0.25, 0.3) is 0 Å². The van der Waals surface area contributed by atoms with E-state index in [2.05, 4.69) is 25.9 Å². The zero-order chi connectivity index (χ0) is 41.9. The quantitative estimate of drug-likeness (QED) is 0.169. The summed E-state index contributed by atoms with van der Waals surface area (Å²) < 4.78 is 41.1. The number of H-pyrrole nitrogens is 1. The number of ether oxygens (including phenoxy) is 3. The maximum atomic E-state index is 13.1. The largest absolute Gasteiger partial charge is 0.473 e. The Morgan fingerprint density at radius 1 is 0.789 bits per heavy atom. The Morgan fingerprint density at radius 2 is 1.28 bits per heavy atom. The first kappa shape index (κ1) is 45.3. The van der Waals surface area contributed by atoms with E-state index >= 15 is 0 Å². The lowest BCUT2D eigenvalue weighted by molar-refractivity contribution is -0.155. The van der Waals surface area contributed by atoms with E-state index in [0.717, 1.165) is 56.2 Å². The Bertz CT molecular complexity index is 1880. The molecule has 2 fully saturated rings. The zero-order valence-corrected chi connectivity index (χ0v) is 35.3. The monoisotopic (exact) mass is 860 g/mol. The van der Waals surface area contributed by atoms with Gasteiger partial charge in [0, 0.05) is 67.9 Å². The van der Waals surface area contributed by atoms with Crippen molar-refractivity contribution in [1.29, 1.82) is 0 Å². The highest BCUT2D eigenvalue weighted by atomic mass is 79.9. The molecule has 2 saturated carbocycles. The maximum absolute atomic E-state index is 13.1. The number of hydrogen-bond donors (Lipinski definition) is 1. The van der Waals surface area contributed by atoms with Crippen molar-refractivity contribution in [3.05, 3.63) is 80.9 Å². The molecule has 12 nitrogen and oxygen atoms in total. The van der Waals surface area contributed by atoms with Crippen LogP contribution in [0.5, 0.6) is 5.88 Å². The molecule has 0 bridgehead atoms. The highest BCUT2D eigenvalue weighted by Crippen LogP contribution is 2.33. The van der Waals surface area contributed by atoms with Crippen LogP contribution < -0.4 is 10.3 Å². The van der Waals surface area contributed by atoms with Gasteiger partial charge in [0.05, 0.1) is 23.8 Å². The number of halogens is 3. The first-order valence-corrected chi connectivity index (χ1v) is 20.5. The van der Waals surface area contributed by atoms with Crippen LogP contribution in [0.15, 0.2) is 53.1 Å². The van der Waals surface area contributed by atoms with E-state index in [1.165, 1.54) is 6.07 Å². The summed E-state index contributed by atoms with van der Waals surface area (Å²) in [5.41, 5.74) is 2.85. The summed E-state index contributed by atoms with van der Waals surface area (Å²) in [7, 11) is 0. The number of rotatable bonds is 12. The molecule has 15 heteroatoms. The molecular formula is C42H55BrF2N4O8. The molecular weight excluding hydrogens is 806 g/mol. The van der Waals surface area contributed by atoms with Gasteiger partial charge in [-0.05, 0) is 115 Å². The van der Waals surface area contributed by atoms with Crippen molar-refractivity contribution in [2.24, 2.45) is 0 Å². The molecule has 0 spiro atoms. The van der Waals surface area contributed by atoms with Gasteiger partial charge in [0.2, 0.25) is 11.4 Å². The summed E-state index contributed by atoms with van der Waals surface area (Å²) in [6, 6.07) is 4.13. The van der Waals surface area contributed by atoms with Crippen molar-refractivity contribution in [3.8, 4) is 5.88 Å². The number of nitrogens with zero attached hydrogens (tertiary/aromatic N) is 3. The predicted molar refractivity (Wildman–Crippen MR) is 215 cm³/mol. The molecule has 2 aromatic heterocycles. The van der Waals surface area contributed by atoms with E-state index in [1.807, 2.05) is 9.80 Å². The fraction of sp³-hybridized carbons (Fsp3) is 0.571. The highest BCUT2D eigenvalue weighted by Gasteiger charge is 2.37. The Labute approximate surface area is 341 Å². The summed E-state index contributed by atoms with van der Waals surface area (Å²) in [5.74, 6) is -0.210. The number of pyridine rings is 2. The number of hydrogen-bond acceptors (Lipinski definition) is 9. The summed E-state index contributed by atoms with van der Waals surface area (Å²) >= 11 is 3.13. The lowest BCUT2D eigenvalue weighted by atomic mass is 10.0. The summed E-state index contributed by atoms with van der Waals surface area (Å²) in [4.78, 5) is 69.2. The van der Waals surface area contributed by atoms with E-state index in [-0.39, 0.29) is 55.2 Å². The topological polar surface area (TPSA) is 148 Å². The van der Waals surface area contributed by atoms with Crippen molar-refractivity contribution in [2.45, 2.75) is 129 Å². The SMILES string of the molecule is CC(C)(C)OC(=O)CC/C(=C/F)CBr.CC(C)(C)OC(=O)CC/C(=C/F)COc1cc2c(cn1)C(=O)N(C1CC1)CC2.O=C1c2c[nH]c(=O)cc2CCN1C1CC1. The number of amides is 2. The summed E-state index contributed by atoms with van der Waals surface area (Å²) in [5, 5.41) is 0.451. The molecule has 2 aliphatic carbocycles. The van der Waals surface area contributed by atoms with Gasteiger partial charge in [-0.25, -0.2) is 13.8 Å². The van der Waals surface area contributed by atoms with Crippen LogP contribution in [0.4, 0.5) is 8.78 Å². The van der Waals surface area contributed by atoms with Crippen molar-refractivity contribution in [2.75, 3.05) is 25.0 Å². The number of allylic oxidation sites excluding steroid dienone is 1. The van der Waals surface area contributed by atoms with Crippen LogP contribution in [0.2, 0.25) is 0 Å². The predicted octanol–water partition coefficient (Wildman–Crippen LogP) is 7.49. The van der Waals surface area contributed by atoms with E-state index in [9.17, 15) is 32.8 Å². The van der Waals surface area contributed by atoms with Crippen molar-refractivity contribution < 1.29 is 42.2 Å². The van der Waals surface area contributed by atoms with Crippen LogP contribution in [-0.4, -0.2) is 91.8 Å². The molecule has 0 aromatic carbocycles. The molecule has 57 heavy (non-hydrogen) atoms. The number of carbonyl (C=O) groups is 4.